The van der Waals surface area contributed by atoms with E-state index in [0.29, 0.717) is 41.7 Å². The third-order valence-electron chi connectivity index (χ3n) is 6.83. The van der Waals surface area contributed by atoms with Crippen LogP contribution < -0.4 is 9.64 Å². The lowest BCUT2D eigenvalue weighted by atomic mass is 9.93. The first-order chi connectivity index (χ1) is 17.7. The molecule has 4 rings (SSSR count). The van der Waals surface area contributed by atoms with Crippen molar-refractivity contribution in [1.82, 2.24) is 9.88 Å². The van der Waals surface area contributed by atoms with E-state index in [1.54, 1.807) is 43.5 Å². The highest BCUT2D eigenvalue weighted by atomic mass is 35.5. The van der Waals surface area contributed by atoms with Gasteiger partial charge in [0.05, 0.1) is 35.7 Å². The Morgan fingerprint density at radius 3 is 2.49 bits per heavy atom. The van der Waals surface area contributed by atoms with Gasteiger partial charge >= 0.3 is 0 Å². The summed E-state index contributed by atoms with van der Waals surface area (Å²) in [6.45, 7) is 5.36. The Labute approximate surface area is 221 Å². The molecule has 37 heavy (non-hydrogen) atoms. The van der Waals surface area contributed by atoms with Gasteiger partial charge in [-0.3, -0.25) is 9.88 Å². The zero-order valence-corrected chi connectivity index (χ0v) is 21.8. The van der Waals surface area contributed by atoms with Crippen molar-refractivity contribution in [2.75, 3.05) is 37.7 Å². The van der Waals surface area contributed by atoms with Gasteiger partial charge in [-0.25, -0.2) is 4.39 Å². The quantitative estimate of drug-likeness (QED) is 0.387. The van der Waals surface area contributed by atoms with Gasteiger partial charge in [-0.1, -0.05) is 29.8 Å². The van der Waals surface area contributed by atoms with Gasteiger partial charge < -0.3 is 25.0 Å². The van der Waals surface area contributed by atoms with Crippen LogP contribution in [0.3, 0.4) is 0 Å². The summed E-state index contributed by atoms with van der Waals surface area (Å²) in [7, 11) is 0. The van der Waals surface area contributed by atoms with Gasteiger partial charge in [0.1, 0.15) is 23.8 Å². The summed E-state index contributed by atoms with van der Waals surface area (Å²) in [5, 5.41) is 30.2. The number of aromatic nitrogens is 1. The monoisotopic (exact) mass is 529 g/mol. The predicted molar refractivity (Wildman–Crippen MR) is 141 cm³/mol. The van der Waals surface area contributed by atoms with Gasteiger partial charge in [0.2, 0.25) is 0 Å². The van der Waals surface area contributed by atoms with Crippen LogP contribution in [-0.2, 0) is 12.2 Å². The van der Waals surface area contributed by atoms with E-state index < -0.39 is 5.60 Å². The summed E-state index contributed by atoms with van der Waals surface area (Å²) in [6.07, 6.45) is 1.60. The number of aliphatic hydroxyl groups is 3. The fraction of sp³-hybridized carbons (Fsp3) is 0.393. The Bertz CT molecular complexity index is 1180. The number of rotatable bonds is 9. The second kappa shape index (κ2) is 11.8. The van der Waals surface area contributed by atoms with Gasteiger partial charge in [-0.15, -0.1) is 0 Å². The van der Waals surface area contributed by atoms with Crippen LogP contribution >= 0.6 is 11.6 Å². The Morgan fingerprint density at radius 1 is 1.11 bits per heavy atom. The lowest BCUT2D eigenvalue weighted by Crippen LogP contribution is -2.56. The van der Waals surface area contributed by atoms with Gasteiger partial charge in [0.25, 0.3) is 0 Å². The SMILES string of the molecule is C[C@@H]1CN(c2ccc(OCCO)cc2Cl)[C@H](c2ccc(F)cc2)CN1C[C@@](C)(O)c1ccc(CO)nc1. The molecule has 1 aromatic heterocycles. The molecule has 1 saturated heterocycles. The molecule has 0 radical (unpaired) electrons. The number of piperazine rings is 1. The van der Waals surface area contributed by atoms with Crippen molar-refractivity contribution in [3.8, 4) is 5.75 Å². The molecule has 9 heteroatoms. The third kappa shape index (κ3) is 6.40. The van der Waals surface area contributed by atoms with E-state index in [-0.39, 0.29) is 37.7 Å². The van der Waals surface area contributed by atoms with Crippen LogP contribution in [0.2, 0.25) is 5.02 Å². The molecule has 1 aliphatic rings. The average Bonchev–Trinajstić information content (AvgIpc) is 2.89. The number of hydrogen-bond donors (Lipinski definition) is 3. The third-order valence-corrected chi connectivity index (χ3v) is 7.13. The Kier molecular flexibility index (Phi) is 8.67. The van der Waals surface area contributed by atoms with Crippen LogP contribution in [0.5, 0.6) is 5.75 Å². The minimum Gasteiger partial charge on any atom is -0.491 e. The summed E-state index contributed by atoms with van der Waals surface area (Å²) >= 11 is 6.69. The molecule has 0 bridgehead atoms. The molecule has 0 amide bonds. The second-order valence-electron chi connectivity index (χ2n) is 9.65. The Balaban J connectivity index is 1.62. The van der Waals surface area contributed by atoms with E-state index in [2.05, 4.69) is 21.7 Å². The molecule has 3 aromatic rings. The van der Waals surface area contributed by atoms with E-state index in [1.165, 1.54) is 12.1 Å². The summed E-state index contributed by atoms with van der Waals surface area (Å²) in [4.78, 5) is 8.65. The van der Waals surface area contributed by atoms with Crippen molar-refractivity contribution in [3.63, 3.8) is 0 Å². The van der Waals surface area contributed by atoms with Crippen molar-refractivity contribution in [1.29, 1.82) is 0 Å². The summed E-state index contributed by atoms with van der Waals surface area (Å²) < 4.78 is 19.3. The first-order valence-electron chi connectivity index (χ1n) is 12.3. The maximum absolute atomic E-state index is 13.8. The maximum atomic E-state index is 13.8. The van der Waals surface area contributed by atoms with E-state index in [1.807, 2.05) is 12.1 Å². The molecule has 3 atom stereocenters. The van der Waals surface area contributed by atoms with Gasteiger partial charge in [-0.05, 0) is 49.7 Å². The number of anilines is 1. The van der Waals surface area contributed by atoms with Gasteiger partial charge in [-0.2, -0.15) is 0 Å². The molecule has 1 aliphatic heterocycles. The van der Waals surface area contributed by atoms with Gasteiger partial charge in [0, 0.05) is 43.5 Å². The highest BCUT2D eigenvalue weighted by Gasteiger charge is 2.37. The van der Waals surface area contributed by atoms with Crippen LogP contribution in [0.25, 0.3) is 0 Å². The zero-order chi connectivity index (χ0) is 26.6. The predicted octanol–water partition coefficient (Wildman–Crippen LogP) is 3.90. The van der Waals surface area contributed by atoms with Crippen molar-refractivity contribution < 1.29 is 24.4 Å². The molecule has 7 nitrogen and oxygen atoms in total. The molecule has 3 N–H and O–H groups in total. The van der Waals surface area contributed by atoms with Crippen molar-refractivity contribution in [3.05, 3.63) is 88.5 Å². The summed E-state index contributed by atoms with van der Waals surface area (Å²) in [5.41, 5.74) is 1.80. The average molecular weight is 530 g/mol. The van der Waals surface area contributed by atoms with Crippen LogP contribution in [0.1, 0.15) is 36.7 Å². The number of hydrogen-bond acceptors (Lipinski definition) is 7. The van der Waals surface area contributed by atoms with E-state index >= 15 is 0 Å². The van der Waals surface area contributed by atoms with E-state index in [0.717, 1.165) is 11.3 Å². The summed E-state index contributed by atoms with van der Waals surface area (Å²) in [6, 6.07) is 15.3. The largest absolute Gasteiger partial charge is 0.491 e. The first kappa shape index (κ1) is 27.3. The Morgan fingerprint density at radius 2 is 1.86 bits per heavy atom. The van der Waals surface area contributed by atoms with Crippen molar-refractivity contribution in [2.24, 2.45) is 0 Å². The molecule has 0 spiro atoms. The molecule has 0 saturated carbocycles. The van der Waals surface area contributed by atoms with Crippen LogP contribution in [0.15, 0.2) is 60.8 Å². The molecular formula is C28H33ClFN3O4. The minimum absolute atomic E-state index is 0.0641. The molecule has 0 aliphatic carbocycles. The maximum Gasteiger partial charge on any atom is 0.123 e. The first-order valence-corrected chi connectivity index (χ1v) is 12.7. The number of aliphatic hydroxyl groups excluding tert-OH is 2. The lowest BCUT2D eigenvalue weighted by Gasteiger charge is -2.48. The van der Waals surface area contributed by atoms with Crippen LogP contribution in [-0.4, -0.2) is 64.1 Å². The normalized spacial score (nSPS) is 20.0. The number of halogens is 2. The van der Waals surface area contributed by atoms with E-state index in [9.17, 15) is 14.6 Å². The second-order valence-corrected chi connectivity index (χ2v) is 10.1. The van der Waals surface area contributed by atoms with Crippen LogP contribution in [0, 0.1) is 5.82 Å². The fourth-order valence-electron chi connectivity index (χ4n) is 4.78. The highest BCUT2D eigenvalue weighted by molar-refractivity contribution is 6.33. The minimum atomic E-state index is -1.17. The fourth-order valence-corrected chi connectivity index (χ4v) is 5.06. The molecule has 2 heterocycles. The number of pyridine rings is 1. The number of β-amino-alcohol motifs (C(OH)–C–C–N with tert-alkyl or cyclic N) is 1. The zero-order valence-electron chi connectivity index (χ0n) is 21.0. The number of benzene rings is 2. The molecule has 1 fully saturated rings. The van der Waals surface area contributed by atoms with Crippen molar-refractivity contribution >= 4 is 17.3 Å². The standard InChI is InChI=1S/C28H33ClFN3O4/c1-19-15-33(26-10-9-24(13-25(26)29)37-12-11-34)27(20-3-6-22(30)7-4-20)16-32(19)18-28(2,36)21-5-8-23(17-35)31-14-21/h3-10,13-14,19,27,34-36H,11-12,15-18H2,1-2H3/t19-,27+,28-/m1/s1. The molecule has 198 valence electrons. The van der Waals surface area contributed by atoms with Crippen molar-refractivity contribution in [2.45, 2.75) is 38.1 Å². The number of nitrogens with zero attached hydrogens (tertiary/aromatic N) is 3. The van der Waals surface area contributed by atoms with E-state index in [4.69, 9.17) is 21.4 Å². The highest BCUT2D eigenvalue weighted by Crippen LogP contribution is 2.39. The molecule has 2 aromatic carbocycles. The van der Waals surface area contributed by atoms with Crippen LogP contribution in [0.4, 0.5) is 10.1 Å². The Hall–Kier alpha value is -2.75. The topological polar surface area (TPSA) is 89.3 Å². The summed E-state index contributed by atoms with van der Waals surface area (Å²) in [5.74, 6) is 0.270. The number of ether oxygens (including phenoxy) is 1. The van der Waals surface area contributed by atoms with Gasteiger partial charge in [0.15, 0.2) is 0 Å². The molecular weight excluding hydrogens is 497 g/mol. The lowest BCUT2D eigenvalue weighted by molar-refractivity contribution is -0.00396. The smallest absolute Gasteiger partial charge is 0.123 e. The molecule has 0 unspecified atom stereocenters.